The maximum Gasteiger partial charge on any atom is 0.284 e. The summed E-state index contributed by atoms with van der Waals surface area (Å²) in [5.41, 5.74) is 0. The standard InChI is InChI=1S/C9H6FNOS/c1-13-8-6-4-5(10)2-3-7(6)11-9(8)12/h2-4H,1H3. The quantitative estimate of drug-likeness (QED) is 0.651. The zero-order valence-electron chi connectivity index (χ0n) is 6.87. The van der Waals surface area contributed by atoms with Crippen LogP contribution in [0.2, 0.25) is 0 Å². The van der Waals surface area contributed by atoms with Gasteiger partial charge in [-0.2, -0.15) is 0 Å². The van der Waals surface area contributed by atoms with E-state index >= 15 is 0 Å². The highest BCUT2D eigenvalue weighted by atomic mass is 32.2. The van der Waals surface area contributed by atoms with E-state index in [4.69, 9.17) is 0 Å². The number of carbonyl (C=O) groups excluding carboxylic acids is 1. The van der Waals surface area contributed by atoms with E-state index < -0.39 is 0 Å². The van der Waals surface area contributed by atoms with Crippen molar-refractivity contribution in [3.8, 4) is 0 Å². The van der Waals surface area contributed by atoms with Crippen LogP contribution in [0.15, 0.2) is 23.2 Å². The SMILES string of the molecule is CSC1=c2cc(F)ccc2=NC1=O. The lowest BCUT2D eigenvalue weighted by atomic mass is 10.3. The van der Waals surface area contributed by atoms with Crippen LogP contribution in [0.1, 0.15) is 0 Å². The molecule has 0 radical (unpaired) electrons. The minimum atomic E-state index is -0.338. The second kappa shape index (κ2) is 2.96. The van der Waals surface area contributed by atoms with Gasteiger partial charge in [-0.25, -0.2) is 9.38 Å². The number of thioether (sulfide) groups is 1. The molecule has 0 saturated carbocycles. The third kappa shape index (κ3) is 1.27. The molecule has 1 aliphatic heterocycles. The van der Waals surface area contributed by atoms with Crippen molar-refractivity contribution in [1.82, 2.24) is 0 Å². The Balaban J connectivity index is 2.87. The average Bonchev–Trinajstić information content (AvgIpc) is 2.40. The van der Waals surface area contributed by atoms with Crippen molar-refractivity contribution < 1.29 is 9.18 Å². The van der Waals surface area contributed by atoms with E-state index in [0.717, 1.165) is 0 Å². The Morgan fingerprint density at radius 2 is 2.23 bits per heavy atom. The second-order valence-electron chi connectivity index (χ2n) is 2.61. The molecule has 13 heavy (non-hydrogen) atoms. The molecule has 0 atom stereocenters. The zero-order chi connectivity index (χ0) is 9.42. The van der Waals surface area contributed by atoms with Gasteiger partial charge in [0.05, 0.1) is 10.3 Å². The number of rotatable bonds is 1. The number of amides is 1. The lowest BCUT2D eigenvalue weighted by Gasteiger charge is -1.90. The summed E-state index contributed by atoms with van der Waals surface area (Å²) in [6, 6.07) is 4.17. The van der Waals surface area contributed by atoms with Crippen LogP contribution in [0.3, 0.4) is 0 Å². The monoisotopic (exact) mass is 195 g/mol. The summed E-state index contributed by atoms with van der Waals surface area (Å²) in [6.45, 7) is 0. The van der Waals surface area contributed by atoms with Gasteiger partial charge in [0.2, 0.25) is 0 Å². The van der Waals surface area contributed by atoms with Crippen molar-refractivity contribution in [3.05, 3.63) is 34.6 Å². The third-order valence-corrected chi connectivity index (χ3v) is 2.63. The molecule has 0 N–H and O–H groups in total. The van der Waals surface area contributed by atoms with Gasteiger partial charge in [-0.05, 0) is 24.5 Å². The molecule has 0 saturated heterocycles. The number of halogens is 1. The molecule has 2 nitrogen and oxygen atoms in total. The van der Waals surface area contributed by atoms with Crippen molar-refractivity contribution in [2.75, 3.05) is 6.26 Å². The van der Waals surface area contributed by atoms with Crippen molar-refractivity contribution in [2.45, 2.75) is 0 Å². The highest BCUT2D eigenvalue weighted by Gasteiger charge is 2.14. The summed E-state index contributed by atoms with van der Waals surface area (Å²) in [7, 11) is 0. The van der Waals surface area contributed by atoms with Crippen LogP contribution >= 0.6 is 11.8 Å². The maximum atomic E-state index is 12.8. The van der Waals surface area contributed by atoms with Gasteiger partial charge >= 0.3 is 0 Å². The molecule has 0 bridgehead atoms. The van der Waals surface area contributed by atoms with Gasteiger partial charge < -0.3 is 0 Å². The fraction of sp³-hybridized carbons (Fsp3) is 0.111. The molecule has 1 amide bonds. The first-order valence-electron chi connectivity index (χ1n) is 3.69. The van der Waals surface area contributed by atoms with Gasteiger partial charge in [-0.3, -0.25) is 4.79 Å². The van der Waals surface area contributed by atoms with Gasteiger partial charge in [0.1, 0.15) is 5.82 Å². The first kappa shape index (κ1) is 8.44. The van der Waals surface area contributed by atoms with Crippen LogP contribution in [0.5, 0.6) is 0 Å². The van der Waals surface area contributed by atoms with E-state index in [1.165, 1.54) is 30.0 Å². The molecule has 1 heterocycles. The second-order valence-corrected chi connectivity index (χ2v) is 3.43. The maximum absolute atomic E-state index is 12.8. The Labute approximate surface area is 78.2 Å². The normalized spacial score (nSPS) is 14.3. The lowest BCUT2D eigenvalue weighted by Crippen LogP contribution is -2.22. The lowest BCUT2D eigenvalue weighted by molar-refractivity contribution is -0.112. The molecule has 0 aromatic heterocycles. The third-order valence-electron chi connectivity index (χ3n) is 1.82. The summed E-state index contributed by atoms with van der Waals surface area (Å²) in [5.74, 6) is -0.608. The predicted molar refractivity (Wildman–Crippen MR) is 49.1 cm³/mol. The Morgan fingerprint density at radius 3 is 2.92 bits per heavy atom. The topological polar surface area (TPSA) is 29.4 Å². The molecule has 0 unspecified atom stereocenters. The zero-order valence-corrected chi connectivity index (χ0v) is 7.69. The van der Waals surface area contributed by atoms with Crippen LogP contribution in [-0.2, 0) is 4.79 Å². The Bertz CT molecular complexity index is 495. The van der Waals surface area contributed by atoms with Crippen molar-refractivity contribution in [2.24, 2.45) is 4.99 Å². The molecular formula is C9H6FNOS. The number of carbonyl (C=O) groups is 1. The van der Waals surface area contributed by atoms with Crippen molar-refractivity contribution in [1.29, 1.82) is 0 Å². The average molecular weight is 195 g/mol. The van der Waals surface area contributed by atoms with Crippen LogP contribution in [-0.4, -0.2) is 12.2 Å². The smallest absolute Gasteiger partial charge is 0.266 e. The molecule has 0 spiro atoms. The van der Waals surface area contributed by atoms with E-state index in [1.54, 1.807) is 6.26 Å². The van der Waals surface area contributed by atoms with Gasteiger partial charge in [-0.15, -0.1) is 11.8 Å². The van der Waals surface area contributed by atoms with E-state index in [0.29, 0.717) is 15.5 Å². The summed E-state index contributed by atoms with van der Waals surface area (Å²) in [6.07, 6.45) is 1.78. The Hall–Kier alpha value is -1.16. The summed E-state index contributed by atoms with van der Waals surface area (Å²) < 4.78 is 12.8. The number of benzene rings is 1. The molecule has 4 heteroatoms. The molecule has 1 aliphatic rings. The number of hydrogen-bond donors (Lipinski definition) is 0. The van der Waals surface area contributed by atoms with E-state index in [1.807, 2.05) is 0 Å². The van der Waals surface area contributed by atoms with Crippen molar-refractivity contribution >= 4 is 22.6 Å². The molecule has 0 aliphatic carbocycles. The van der Waals surface area contributed by atoms with Gasteiger partial charge in [0.15, 0.2) is 0 Å². The summed E-state index contributed by atoms with van der Waals surface area (Å²) >= 11 is 1.30. The molecular weight excluding hydrogens is 189 g/mol. The van der Waals surface area contributed by atoms with Crippen LogP contribution in [0.25, 0.3) is 4.91 Å². The highest BCUT2D eigenvalue weighted by molar-refractivity contribution is 8.08. The minimum absolute atomic E-state index is 0.270. The van der Waals surface area contributed by atoms with Gasteiger partial charge in [0.25, 0.3) is 5.91 Å². The molecule has 2 rings (SSSR count). The van der Waals surface area contributed by atoms with E-state index in [9.17, 15) is 9.18 Å². The van der Waals surface area contributed by atoms with Gasteiger partial charge in [-0.1, -0.05) is 0 Å². The fourth-order valence-electron chi connectivity index (χ4n) is 1.26. The largest absolute Gasteiger partial charge is 0.284 e. The molecule has 0 fully saturated rings. The first-order chi connectivity index (χ1) is 6.22. The molecule has 66 valence electrons. The van der Waals surface area contributed by atoms with Crippen molar-refractivity contribution in [3.63, 3.8) is 0 Å². The van der Waals surface area contributed by atoms with Crippen LogP contribution in [0.4, 0.5) is 4.39 Å². The Kier molecular flexibility index (Phi) is 1.92. The minimum Gasteiger partial charge on any atom is -0.266 e. The number of nitrogens with zero attached hydrogens (tertiary/aromatic N) is 1. The fourth-order valence-corrected chi connectivity index (χ4v) is 1.86. The van der Waals surface area contributed by atoms with E-state index in [-0.39, 0.29) is 11.7 Å². The highest BCUT2D eigenvalue weighted by Crippen LogP contribution is 2.14. The number of fused-ring (bicyclic) bond motifs is 1. The summed E-state index contributed by atoms with van der Waals surface area (Å²) in [5, 5.41) is 1.17. The first-order valence-corrected chi connectivity index (χ1v) is 4.92. The number of hydrogen-bond acceptors (Lipinski definition) is 2. The predicted octanol–water partition coefficient (Wildman–Crippen LogP) is 0.457. The molecule has 1 aromatic carbocycles. The van der Waals surface area contributed by atoms with E-state index in [2.05, 4.69) is 4.99 Å². The van der Waals surface area contributed by atoms with Gasteiger partial charge in [0, 0.05) is 5.22 Å². The summed E-state index contributed by atoms with van der Waals surface area (Å²) in [4.78, 5) is 15.5. The Morgan fingerprint density at radius 1 is 1.46 bits per heavy atom. The van der Waals surface area contributed by atoms with Crippen LogP contribution in [0, 0.1) is 5.82 Å². The van der Waals surface area contributed by atoms with Crippen LogP contribution < -0.4 is 10.6 Å². The molecule has 1 aromatic rings.